The molecule has 0 bridgehead atoms. The van der Waals surface area contributed by atoms with Gasteiger partial charge in [0.05, 0.1) is 18.7 Å². The van der Waals surface area contributed by atoms with Crippen LogP contribution in [-0.2, 0) is 20.9 Å². The van der Waals surface area contributed by atoms with Crippen molar-refractivity contribution in [1.82, 2.24) is 10.2 Å². The average Bonchev–Trinajstić information content (AvgIpc) is 2.72. The molecule has 1 aromatic rings. The van der Waals surface area contributed by atoms with Gasteiger partial charge in [-0.05, 0) is 51.0 Å². The second-order valence-corrected chi connectivity index (χ2v) is 10.6. The minimum Gasteiger partial charge on any atom is -0.480 e. The van der Waals surface area contributed by atoms with Crippen molar-refractivity contribution in [2.45, 2.75) is 91.7 Å². The Bertz CT molecular complexity index is 806. The van der Waals surface area contributed by atoms with E-state index in [0.29, 0.717) is 6.42 Å². The summed E-state index contributed by atoms with van der Waals surface area (Å²) in [4.78, 5) is 38.6. The third-order valence-electron chi connectivity index (χ3n) is 5.07. The van der Waals surface area contributed by atoms with Crippen molar-refractivity contribution in [3.05, 3.63) is 35.9 Å². The molecule has 0 aliphatic carbocycles. The van der Waals surface area contributed by atoms with Crippen molar-refractivity contribution in [2.24, 2.45) is 11.8 Å². The van der Waals surface area contributed by atoms with Crippen molar-refractivity contribution in [1.29, 1.82) is 0 Å². The molecule has 0 saturated heterocycles. The van der Waals surface area contributed by atoms with Crippen LogP contribution >= 0.6 is 0 Å². The quantitative estimate of drug-likeness (QED) is 0.393. The number of aliphatic hydroxyl groups excluding tert-OH is 1. The zero-order valence-electron chi connectivity index (χ0n) is 22.0. The molecule has 0 fully saturated rings. The fraction of sp³-hybridized carbons (Fsp3) is 0.654. The second-order valence-electron chi connectivity index (χ2n) is 10.6. The summed E-state index contributed by atoms with van der Waals surface area (Å²) < 4.78 is 10.7. The molecule has 2 amide bonds. The number of amides is 2. The van der Waals surface area contributed by atoms with Crippen molar-refractivity contribution in [3.63, 3.8) is 0 Å². The van der Waals surface area contributed by atoms with Crippen LogP contribution in [-0.4, -0.2) is 63.6 Å². The van der Waals surface area contributed by atoms with Crippen molar-refractivity contribution in [2.75, 3.05) is 6.54 Å². The lowest BCUT2D eigenvalue weighted by Crippen LogP contribution is -2.54. The predicted molar refractivity (Wildman–Crippen MR) is 133 cm³/mol. The number of carboxylic acid groups (broad SMARTS) is 1. The van der Waals surface area contributed by atoms with E-state index in [0.717, 1.165) is 10.5 Å². The molecule has 9 heteroatoms. The van der Waals surface area contributed by atoms with E-state index in [1.54, 1.807) is 32.9 Å². The van der Waals surface area contributed by atoms with Crippen LogP contribution < -0.4 is 5.32 Å². The van der Waals surface area contributed by atoms with E-state index in [4.69, 9.17) is 9.47 Å². The number of ether oxygens (including phenoxy) is 2. The van der Waals surface area contributed by atoms with Gasteiger partial charge < -0.3 is 25.0 Å². The number of hydrogen-bond acceptors (Lipinski definition) is 6. The maximum Gasteiger partial charge on any atom is 0.410 e. The molecule has 0 aliphatic rings. The largest absolute Gasteiger partial charge is 0.480 e. The van der Waals surface area contributed by atoms with Gasteiger partial charge in [0.25, 0.3) is 0 Å². The lowest BCUT2D eigenvalue weighted by molar-refractivity contribution is -0.144. The predicted octanol–water partition coefficient (Wildman–Crippen LogP) is 4.42. The lowest BCUT2D eigenvalue weighted by atomic mass is 9.97. The van der Waals surface area contributed by atoms with Gasteiger partial charge in [-0.3, -0.25) is 4.90 Å². The molecule has 0 aliphatic heterocycles. The van der Waals surface area contributed by atoms with E-state index in [1.165, 1.54) is 0 Å². The number of aliphatic hydroxyl groups is 1. The molecule has 3 N–H and O–H groups in total. The van der Waals surface area contributed by atoms with Gasteiger partial charge in [0.1, 0.15) is 18.2 Å². The Morgan fingerprint density at radius 2 is 1.57 bits per heavy atom. The van der Waals surface area contributed by atoms with Crippen LogP contribution in [0.25, 0.3) is 0 Å². The second kappa shape index (κ2) is 13.9. The molecule has 0 heterocycles. The van der Waals surface area contributed by atoms with E-state index in [1.807, 2.05) is 45.9 Å². The highest BCUT2D eigenvalue weighted by molar-refractivity contribution is 5.80. The summed E-state index contributed by atoms with van der Waals surface area (Å²) in [5, 5.41) is 23.6. The first-order valence-electron chi connectivity index (χ1n) is 12.1. The molecule has 0 aromatic heterocycles. The van der Waals surface area contributed by atoms with Crippen LogP contribution in [0.2, 0.25) is 0 Å². The molecule has 1 aromatic carbocycles. The van der Waals surface area contributed by atoms with Crippen molar-refractivity contribution in [3.8, 4) is 0 Å². The number of carboxylic acids is 1. The standard InChI is InChI=1S/C26H42N2O7/c1-17(2)13-20(27-24(32)35-26(5,6)7)22(29)15-28(21(23(30)31)14-18(3)4)25(33)34-16-19-11-9-8-10-12-19/h8-12,17-18,20-22,29H,13-16H2,1-7H3,(H,27,32)(H,30,31)/t20-,21-,22?/m0/s1. The number of benzene rings is 1. The Kier molecular flexibility index (Phi) is 12.0. The van der Waals surface area contributed by atoms with Crippen LogP contribution in [0.15, 0.2) is 30.3 Å². The first-order valence-corrected chi connectivity index (χ1v) is 12.1. The van der Waals surface area contributed by atoms with Gasteiger partial charge in [-0.15, -0.1) is 0 Å². The fourth-order valence-electron chi connectivity index (χ4n) is 3.55. The van der Waals surface area contributed by atoms with E-state index < -0.39 is 41.9 Å². The van der Waals surface area contributed by atoms with Crippen LogP contribution in [0.1, 0.15) is 66.9 Å². The number of nitrogens with one attached hydrogen (secondary N) is 1. The van der Waals surface area contributed by atoms with E-state index in [-0.39, 0.29) is 31.4 Å². The molecule has 0 radical (unpaired) electrons. The Morgan fingerprint density at radius 1 is 1.00 bits per heavy atom. The number of aliphatic carboxylic acids is 1. The summed E-state index contributed by atoms with van der Waals surface area (Å²) >= 11 is 0. The SMILES string of the molecule is CC(C)C[C@H](NC(=O)OC(C)(C)C)C(O)CN(C(=O)OCc1ccccc1)[C@@H](CC(C)C)C(=O)O. The number of carbonyl (C=O) groups excluding carboxylic acids is 2. The topological polar surface area (TPSA) is 125 Å². The monoisotopic (exact) mass is 494 g/mol. The fourth-order valence-corrected chi connectivity index (χ4v) is 3.55. The zero-order chi connectivity index (χ0) is 26.8. The van der Waals surface area contributed by atoms with Crippen molar-refractivity contribution >= 4 is 18.2 Å². The Hall–Kier alpha value is -2.81. The van der Waals surface area contributed by atoms with Gasteiger partial charge in [0.2, 0.25) is 0 Å². The van der Waals surface area contributed by atoms with E-state index >= 15 is 0 Å². The van der Waals surface area contributed by atoms with E-state index in [2.05, 4.69) is 5.32 Å². The molecule has 3 atom stereocenters. The number of nitrogens with zero attached hydrogens (tertiary/aromatic N) is 1. The Labute approximate surface area is 208 Å². The van der Waals surface area contributed by atoms with Crippen LogP contribution in [0, 0.1) is 11.8 Å². The summed E-state index contributed by atoms with van der Waals surface area (Å²) in [5.74, 6) is -1.11. The molecule has 1 unspecified atom stereocenters. The number of hydrogen-bond donors (Lipinski definition) is 3. The molecular weight excluding hydrogens is 452 g/mol. The van der Waals surface area contributed by atoms with Crippen molar-refractivity contribution < 1.29 is 34.1 Å². The van der Waals surface area contributed by atoms with Gasteiger partial charge in [0.15, 0.2) is 0 Å². The van der Waals surface area contributed by atoms with Crippen LogP contribution in [0.5, 0.6) is 0 Å². The molecule has 9 nitrogen and oxygen atoms in total. The highest BCUT2D eigenvalue weighted by Crippen LogP contribution is 2.18. The summed E-state index contributed by atoms with van der Waals surface area (Å²) in [7, 11) is 0. The molecule has 198 valence electrons. The molecule has 1 rings (SSSR count). The van der Waals surface area contributed by atoms with Crippen LogP contribution in [0.3, 0.4) is 0 Å². The zero-order valence-corrected chi connectivity index (χ0v) is 22.0. The third kappa shape index (κ3) is 11.9. The van der Waals surface area contributed by atoms with E-state index in [9.17, 15) is 24.6 Å². The molecule has 0 spiro atoms. The minimum atomic E-state index is -1.25. The average molecular weight is 495 g/mol. The third-order valence-corrected chi connectivity index (χ3v) is 5.07. The summed E-state index contributed by atoms with van der Waals surface area (Å²) in [5.41, 5.74) is 0.0254. The smallest absolute Gasteiger partial charge is 0.410 e. The minimum absolute atomic E-state index is 0.0241. The summed E-state index contributed by atoms with van der Waals surface area (Å²) in [6, 6.07) is 7.07. The van der Waals surface area contributed by atoms with Gasteiger partial charge in [0, 0.05) is 0 Å². The first-order chi connectivity index (χ1) is 16.2. The molecular formula is C26H42N2O7. The summed E-state index contributed by atoms with van der Waals surface area (Å²) in [6.45, 7) is 12.4. The number of alkyl carbamates (subject to hydrolysis) is 1. The Balaban J connectivity index is 3.12. The normalized spacial score (nSPS) is 14.2. The highest BCUT2D eigenvalue weighted by atomic mass is 16.6. The summed E-state index contributed by atoms with van der Waals surface area (Å²) in [6.07, 6.45) is -2.21. The van der Waals surface area contributed by atoms with Gasteiger partial charge >= 0.3 is 18.2 Å². The first kappa shape index (κ1) is 30.2. The van der Waals surface area contributed by atoms with Crippen LogP contribution in [0.4, 0.5) is 9.59 Å². The number of rotatable bonds is 12. The number of carbonyl (C=O) groups is 3. The lowest BCUT2D eigenvalue weighted by Gasteiger charge is -2.34. The van der Waals surface area contributed by atoms with Gasteiger partial charge in [-0.2, -0.15) is 0 Å². The maximum absolute atomic E-state index is 13.1. The highest BCUT2D eigenvalue weighted by Gasteiger charge is 2.35. The molecule has 35 heavy (non-hydrogen) atoms. The molecule has 0 saturated carbocycles. The Morgan fingerprint density at radius 3 is 2.06 bits per heavy atom. The van der Waals surface area contributed by atoms with Gasteiger partial charge in [-0.25, -0.2) is 14.4 Å². The maximum atomic E-state index is 13.1. The van der Waals surface area contributed by atoms with Gasteiger partial charge in [-0.1, -0.05) is 58.0 Å².